The Hall–Kier alpha value is -0.740. The summed E-state index contributed by atoms with van der Waals surface area (Å²) < 4.78 is 11.5. The van der Waals surface area contributed by atoms with E-state index in [1.54, 1.807) is 6.07 Å². The van der Waals surface area contributed by atoms with Crippen LogP contribution in [0.2, 0.25) is 0 Å². The van der Waals surface area contributed by atoms with E-state index in [2.05, 4.69) is 15.9 Å². The van der Waals surface area contributed by atoms with Crippen LogP contribution in [0.3, 0.4) is 0 Å². The lowest BCUT2D eigenvalue weighted by Crippen LogP contribution is -2.07. The van der Waals surface area contributed by atoms with Crippen molar-refractivity contribution in [2.75, 3.05) is 25.6 Å². The average molecular weight is 260 g/mol. The number of nitrogen functional groups attached to an aromatic ring is 1. The Labute approximate surface area is 92.3 Å². The summed E-state index contributed by atoms with van der Waals surface area (Å²) in [5.74, 6) is 0.694. The molecule has 2 N–H and O–H groups in total. The summed E-state index contributed by atoms with van der Waals surface area (Å²) >= 11 is 3.35. The highest BCUT2D eigenvalue weighted by molar-refractivity contribution is 9.10. The Morgan fingerprint density at radius 3 is 2.86 bits per heavy atom. The molecule has 0 fully saturated rings. The van der Waals surface area contributed by atoms with Crippen molar-refractivity contribution < 1.29 is 9.47 Å². The van der Waals surface area contributed by atoms with Gasteiger partial charge in [0.1, 0.15) is 12.4 Å². The molecule has 0 radical (unpaired) electrons. The van der Waals surface area contributed by atoms with E-state index < -0.39 is 0 Å². The van der Waals surface area contributed by atoms with E-state index in [1.807, 2.05) is 19.1 Å². The van der Waals surface area contributed by atoms with Crippen molar-refractivity contribution in [2.24, 2.45) is 0 Å². The molecule has 0 aliphatic carbocycles. The predicted molar refractivity (Wildman–Crippen MR) is 60.5 cm³/mol. The van der Waals surface area contributed by atoms with E-state index in [0.29, 0.717) is 31.3 Å². The van der Waals surface area contributed by atoms with Crippen molar-refractivity contribution in [3.63, 3.8) is 0 Å². The van der Waals surface area contributed by atoms with E-state index in [0.717, 1.165) is 4.47 Å². The summed E-state index contributed by atoms with van der Waals surface area (Å²) in [6.45, 7) is 3.77. The van der Waals surface area contributed by atoms with Crippen molar-refractivity contribution in [3.05, 3.63) is 22.7 Å². The molecule has 3 nitrogen and oxygen atoms in total. The second kappa shape index (κ2) is 5.88. The molecule has 0 atom stereocenters. The fraction of sp³-hybridized carbons (Fsp3) is 0.400. The van der Waals surface area contributed by atoms with Gasteiger partial charge in [-0.2, -0.15) is 0 Å². The molecule has 1 aromatic rings. The van der Waals surface area contributed by atoms with E-state index in [4.69, 9.17) is 15.2 Å². The molecule has 1 rings (SSSR count). The number of ether oxygens (including phenoxy) is 2. The first-order chi connectivity index (χ1) is 6.74. The van der Waals surface area contributed by atoms with Crippen LogP contribution in [0.1, 0.15) is 6.92 Å². The van der Waals surface area contributed by atoms with Crippen LogP contribution in [-0.2, 0) is 4.74 Å². The van der Waals surface area contributed by atoms with Crippen LogP contribution >= 0.6 is 15.9 Å². The normalized spacial score (nSPS) is 10.1. The average Bonchev–Trinajstić information content (AvgIpc) is 2.18. The zero-order valence-electron chi connectivity index (χ0n) is 8.13. The van der Waals surface area contributed by atoms with Gasteiger partial charge < -0.3 is 15.2 Å². The standard InChI is InChI=1S/C10H14BrNO2/c1-2-13-5-6-14-10-7-8(11)3-4-9(10)12/h3-4,7H,2,5-6,12H2,1H3. The van der Waals surface area contributed by atoms with Gasteiger partial charge in [0.05, 0.1) is 12.3 Å². The molecule has 0 bridgehead atoms. The molecule has 78 valence electrons. The number of halogens is 1. The molecule has 0 saturated carbocycles. The Morgan fingerprint density at radius 1 is 1.36 bits per heavy atom. The first-order valence-corrected chi connectivity index (χ1v) is 5.29. The maximum absolute atomic E-state index is 5.72. The van der Waals surface area contributed by atoms with Crippen LogP contribution in [0.15, 0.2) is 22.7 Å². The minimum absolute atomic E-state index is 0.522. The molecule has 0 saturated heterocycles. The van der Waals surface area contributed by atoms with Crippen LogP contribution < -0.4 is 10.5 Å². The van der Waals surface area contributed by atoms with Crippen molar-refractivity contribution in [2.45, 2.75) is 6.92 Å². The number of nitrogens with two attached hydrogens (primary N) is 1. The van der Waals surface area contributed by atoms with E-state index in [-0.39, 0.29) is 0 Å². The molecule has 4 heteroatoms. The van der Waals surface area contributed by atoms with Gasteiger partial charge in [-0.15, -0.1) is 0 Å². The van der Waals surface area contributed by atoms with Crippen molar-refractivity contribution in [3.8, 4) is 5.75 Å². The third-order valence-corrected chi connectivity index (χ3v) is 2.16. The number of rotatable bonds is 5. The third-order valence-electron chi connectivity index (χ3n) is 1.66. The fourth-order valence-electron chi connectivity index (χ4n) is 0.988. The van der Waals surface area contributed by atoms with Crippen molar-refractivity contribution in [1.82, 2.24) is 0 Å². The molecule has 0 aliphatic heterocycles. The highest BCUT2D eigenvalue weighted by Crippen LogP contribution is 2.25. The lowest BCUT2D eigenvalue weighted by Gasteiger charge is -2.08. The van der Waals surface area contributed by atoms with Gasteiger partial charge in [0, 0.05) is 11.1 Å². The molecule has 0 amide bonds. The molecule has 14 heavy (non-hydrogen) atoms. The minimum atomic E-state index is 0.522. The smallest absolute Gasteiger partial charge is 0.143 e. The van der Waals surface area contributed by atoms with Gasteiger partial charge in [0.15, 0.2) is 0 Å². The van der Waals surface area contributed by atoms with Gasteiger partial charge in [0.2, 0.25) is 0 Å². The molecule has 0 unspecified atom stereocenters. The van der Waals surface area contributed by atoms with Crippen LogP contribution in [0, 0.1) is 0 Å². The zero-order chi connectivity index (χ0) is 10.4. The Balaban J connectivity index is 2.45. The van der Waals surface area contributed by atoms with Gasteiger partial charge in [-0.1, -0.05) is 15.9 Å². The minimum Gasteiger partial charge on any atom is -0.489 e. The number of hydrogen-bond acceptors (Lipinski definition) is 3. The summed E-state index contributed by atoms with van der Waals surface area (Å²) in [6.07, 6.45) is 0. The fourth-order valence-corrected chi connectivity index (χ4v) is 1.33. The maximum Gasteiger partial charge on any atom is 0.143 e. The molecule has 0 aliphatic rings. The van der Waals surface area contributed by atoms with Crippen LogP contribution in [0.25, 0.3) is 0 Å². The third kappa shape index (κ3) is 3.55. The molecular formula is C10H14BrNO2. The summed E-state index contributed by atoms with van der Waals surface area (Å²) in [7, 11) is 0. The summed E-state index contributed by atoms with van der Waals surface area (Å²) in [6, 6.07) is 5.53. The van der Waals surface area contributed by atoms with Gasteiger partial charge in [-0.25, -0.2) is 0 Å². The van der Waals surface area contributed by atoms with Crippen LogP contribution in [-0.4, -0.2) is 19.8 Å². The summed E-state index contributed by atoms with van der Waals surface area (Å²) in [5, 5.41) is 0. The Bertz CT molecular complexity index is 291. The first kappa shape index (κ1) is 11.3. The SMILES string of the molecule is CCOCCOc1cc(Br)ccc1N. The molecule has 0 heterocycles. The van der Waals surface area contributed by atoms with Crippen LogP contribution in [0.4, 0.5) is 5.69 Å². The van der Waals surface area contributed by atoms with Gasteiger partial charge in [-0.3, -0.25) is 0 Å². The molecule has 1 aromatic carbocycles. The molecule has 0 aromatic heterocycles. The first-order valence-electron chi connectivity index (χ1n) is 4.49. The number of hydrogen-bond donors (Lipinski definition) is 1. The molecule has 0 spiro atoms. The zero-order valence-corrected chi connectivity index (χ0v) is 9.71. The topological polar surface area (TPSA) is 44.5 Å². The Morgan fingerprint density at radius 2 is 2.14 bits per heavy atom. The second-order valence-corrected chi connectivity index (χ2v) is 3.64. The highest BCUT2D eigenvalue weighted by atomic mass is 79.9. The highest BCUT2D eigenvalue weighted by Gasteiger charge is 2.00. The van der Waals surface area contributed by atoms with E-state index >= 15 is 0 Å². The lowest BCUT2D eigenvalue weighted by molar-refractivity contribution is 0.110. The summed E-state index contributed by atoms with van der Waals surface area (Å²) in [5.41, 5.74) is 6.36. The number of anilines is 1. The monoisotopic (exact) mass is 259 g/mol. The van der Waals surface area contributed by atoms with Gasteiger partial charge in [0.25, 0.3) is 0 Å². The second-order valence-electron chi connectivity index (χ2n) is 2.73. The summed E-state index contributed by atoms with van der Waals surface area (Å²) in [4.78, 5) is 0. The van der Waals surface area contributed by atoms with Crippen molar-refractivity contribution >= 4 is 21.6 Å². The van der Waals surface area contributed by atoms with E-state index in [9.17, 15) is 0 Å². The maximum atomic E-state index is 5.72. The van der Waals surface area contributed by atoms with Gasteiger partial charge >= 0.3 is 0 Å². The van der Waals surface area contributed by atoms with Gasteiger partial charge in [-0.05, 0) is 25.1 Å². The molecular weight excluding hydrogens is 246 g/mol. The largest absolute Gasteiger partial charge is 0.489 e. The predicted octanol–water partition coefficient (Wildman–Crippen LogP) is 2.45. The quantitative estimate of drug-likeness (QED) is 0.653. The lowest BCUT2D eigenvalue weighted by atomic mass is 10.3. The Kier molecular flexibility index (Phi) is 4.76. The number of benzene rings is 1. The van der Waals surface area contributed by atoms with Crippen molar-refractivity contribution in [1.29, 1.82) is 0 Å². The van der Waals surface area contributed by atoms with Crippen LogP contribution in [0.5, 0.6) is 5.75 Å². The van der Waals surface area contributed by atoms with E-state index in [1.165, 1.54) is 0 Å².